The highest BCUT2D eigenvalue weighted by Gasteiger charge is 2.06. The smallest absolute Gasteiger partial charge is 0.341 e. The van der Waals surface area contributed by atoms with Gasteiger partial charge in [0, 0.05) is 12.3 Å². The van der Waals surface area contributed by atoms with Gasteiger partial charge in [0.1, 0.15) is 5.82 Å². The van der Waals surface area contributed by atoms with Crippen LogP contribution in [0, 0.1) is 0 Å². The Bertz CT molecular complexity index is 752. The van der Waals surface area contributed by atoms with Crippen LogP contribution in [0.5, 0.6) is 11.5 Å². The van der Waals surface area contributed by atoms with Crippen molar-refractivity contribution in [3.05, 3.63) is 52.2 Å². The quantitative estimate of drug-likeness (QED) is 0.836. The number of methoxy groups -OCH3 is 1. The molecule has 0 bridgehead atoms. The van der Waals surface area contributed by atoms with Crippen LogP contribution in [0.4, 0.5) is 0 Å². The highest BCUT2D eigenvalue weighted by molar-refractivity contribution is 5.70. The average Bonchev–Trinajstić information content (AvgIpc) is 2.51. The van der Waals surface area contributed by atoms with Crippen molar-refractivity contribution in [2.75, 3.05) is 13.7 Å². The lowest BCUT2D eigenvalue weighted by molar-refractivity contribution is -0.139. The summed E-state index contributed by atoms with van der Waals surface area (Å²) in [6.07, 6.45) is 4.80. The Kier molecular flexibility index (Phi) is 4.92. The average molecular weight is 302 g/mol. The summed E-state index contributed by atoms with van der Waals surface area (Å²) in [6, 6.07) is 6.36. The molecule has 0 spiro atoms. The third-order valence-electron chi connectivity index (χ3n) is 2.66. The number of hydrogen-bond donors (Lipinski definition) is 2. The number of ether oxygens (including phenoxy) is 2. The second-order valence-electron chi connectivity index (χ2n) is 4.25. The molecule has 0 fully saturated rings. The van der Waals surface area contributed by atoms with E-state index < -0.39 is 12.6 Å². The van der Waals surface area contributed by atoms with Crippen LogP contribution in [-0.4, -0.2) is 34.8 Å². The van der Waals surface area contributed by atoms with E-state index in [9.17, 15) is 9.59 Å². The number of aromatic nitrogens is 2. The SMILES string of the molecule is COc1cc(/C=C/c2nccc(=O)[nH]2)ccc1OCC(=O)O. The van der Waals surface area contributed by atoms with Crippen molar-refractivity contribution < 1.29 is 19.4 Å². The van der Waals surface area contributed by atoms with Gasteiger partial charge < -0.3 is 19.6 Å². The molecule has 114 valence electrons. The first-order chi connectivity index (χ1) is 10.6. The van der Waals surface area contributed by atoms with Crippen LogP contribution in [0.25, 0.3) is 12.2 Å². The van der Waals surface area contributed by atoms with Gasteiger partial charge in [-0.05, 0) is 23.8 Å². The number of nitrogens with zero attached hydrogens (tertiary/aromatic N) is 1. The van der Waals surface area contributed by atoms with E-state index in [0.717, 1.165) is 5.56 Å². The number of hydrogen-bond acceptors (Lipinski definition) is 5. The lowest BCUT2D eigenvalue weighted by atomic mass is 10.2. The zero-order chi connectivity index (χ0) is 15.9. The molecule has 2 N–H and O–H groups in total. The van der Waals surface area contributed by atoms with Crippen LogP contribution < -0.4 is 15.0 Å². The molecular weight excluding hydrogens is 288 g/mol. The number of rotatable bonds is 6. The molecule has 2 aromatic rings. The number of nitrogens with one attached hydrogen (secondary N) is 1. The summed E-state index contributed by atoms with van der Waals surface area (Å²) >= 11 is 0. The predicted octanol–water partition coefficient (Wildman–Crippen LogP) is 1.41. The molecule has 0 amide bonds. The number of H-pyrrole nitrogens is 1. The van der Waals surface area contributed by atoms with Crippen LogP contribution in [-0.2, 0) is 4.79 Å². The van der Waals surface area contributed by atoms with Crippen LogP contribution >= 0.6 is 0 Å². The molecule has 0 aliphatic heterocycles. The second kappa shape index (κ2) is 7.07. The van der Waals surface area contributed by atoms with Gasteiger partial charge in [0.25, 0.3) is 5.56 Å². The topological polar surface area (TPSA) is 102 Å². The molecule has 0 aliphatic carbocycles. The fraction of sp³-hybridized carbons (Fsp3) is 0.133. The fourth-order valence-electron chi connectivity index (χ4n) is 1.69. The third kappa shape index (κ3) is 4.20. The molecule has 0 saturated heterocycles. The van der Waals surface area contributed by atoms with Crippen molar-refractivity contribution in [1.29, 1.82) is 0 Å². The number of aliphatic carboxylic acids is 1. The third-order valence-corrected chi connectivity index (χ3v) is 2.66. The summed E-state index contributed by atoms with van der Waals surface area (Å²) in [4.78, 5) is 28.2. The molecule has 1 heterocycles. The largest absolute Gasteiger partial charge is 0.493 e. The van der Waals surface area contributed by atoms with Crippen molar-refractivity contribution in [2.45, 2.75) is 0 Å². The van der Waals surface area contributed by atoms with Crippen molar-refractivity contribution in [1.82, 2.24) is 9.97 Å². The first-order valence-electron chi connectivity index (χ1n) is 6.34. The van der Waals surface area contributed by atoms with Gasteiger partial charge in [0.05, 0.1) is 7.11 Å². The summed E-state index contributed by atoms with van der Waals surface area (Å²) in [5, 5.41) is 8.61. The normalized spacial score (nSPS) is 10.6. The molecule has 1 aromatic carbocycles. The van der Waals surface area contributed by atoms with Crippen LogP contribution in [0.3, 0.4) is 0 Å². The standard InChI is InChI=1S/C15H14N2O5/c1-21-12-8-10(2-4-11(12)22-9-15(19)20)3-5-13-16-7-6-14(18)17-13/h2-8H,9H2,1H3,(H,19,20)(H,16,17,18)/b5-3+. The number of carboxylic acids is 1. The van der Waals surface area contributed by atoms with Crippen LogP contribution in [0.1, 0.15) is 11.4 Å². The minimum absolute atomic E-state index is 0.232. The Morgan fingerprint density at radius 3 is 2.82 bits per heavy atom. The molecule has 0 radical (unpaired) electrons. The summed E-state index contributed by atoms with van der Waals surface area (Å²) in [5.74, 6) is 0.119. The molecule has 1 aromatic heterocycles. The zero-order valence-corrected chi connectivity index (χ0v) is 11.8. The van der Waals surface area contributed by atoms with E-state index in [-0.39, 0.29) is 5.56 Å². The summed E-state index contributed by atoms with van der Waals surface area (Å²) in [7, 11) is 1.46. The van der Waals surface area contributed by atoms with Gasteiger partial charge in [-0.15, -0.1) is 0 Å². The van der Waals surface area contributed by atoms with Gasteiger partial charge in [0.15, 0.2) is 18.1 Å². The van der Waals surface area contributed by atoms with E-state index in [1.807, 2.05) is 0 Å². The summed E-state index contributed by atoms with van der Waals surface area (Å²) in [6.45, 7) is -0.444. The Labute approximate surface area is 125 Å². The molecule has 2 rings (SSSR count). The minimum atomic E-state index is -1.06. The minimum Gasteiger partial charge on any atom is -0.493 e. The van der Waals surface area contributed by atoms with E-state index in [0.29, 0.717) is 17.3 Å². The maximum atomic E-state index is 11.2. The maximum absolute atomic E-state index is 11.2. The van der Waals surface area contributed by atoms with Gasteiger partial charge in [-0.3, -0.25) is 4.79 Å². The highest BCUT2D eigenvalue weighted by atomic mass is 16.5. The molecule has 0 atom stereocenters. The summed E-state index contributed by atoms with van der Waals surface area (Å²) in [5.41, 5.74) is 0.552. The van der Waals surface area contributed by atoms with Crippen LogP contribution in [0.2, 0.25) is 0 Å². The zero-order valence-electron chi connectivity index (χ0n) is 11.8. The lowest BCUT2D eigenvalue weighted by Gasteiger charge is -2.09. The summed E-state index contributed by atoms with van der Waals surface area (Å²) < 4.78 is 10.3. The Balaban J connectivity index is 2.18. The van der Waals surface area contributed by atoms with Gasteiger partial charge in [-0.25, -0.2) is 9.78 Å². The Morgan fingerprint density at radius 1 is 1.32 bits per heavy atom. The van der Waals surface area contributed by atoms with E-state index in [4.69, 9.17) is 14.6 Å². The monoisotopic (exact) mass is 302 g/mol. The van der Waals surface area contributed by atoms with E-state index in [2.05, 4.69) is 9.97 Å². The first-order valence-corrected chi connectivity index (χ1v) is 6.34. The highest BCUT2D eigenvalue weighted by Crippen LogP contribution is 2.28. The number of carbonyl (C=O) groups is 1. The van der Waals surface area contributed by atoms with Crippen molar-refractivity contribution in [3.63, 3.8) is 0 Å². The van der Waals surface area contributed by atoms with Crippen molar-refractivity contribution in [3.8, 4) is 11.5 Å². The van der Waals surface area contributed by atoms with Gasteiger partial charge in [-0.1, -0.05) is 12.1 Å². The predicted molar refractivity (Wildman–Crippen MR) is 79.9 cm³/mol. The Hall–Kier alpha value is -3.09. The first kappa shape index (κ1) is 15.3. The molecule has 7 heteroatoms. The lowest BCUT2D eigenvalue weighted by Crippen LogP contribution is -2.10. The number of aromatic amines is 1. The van der Waals surface area contributed by atoms with E-state index in [1.54, 1.807) is 30.4 Å². The molecule has 0 saturated carbocycles. The molecular formula is C15H14N2O5. The molecule has 0 aliphatic rings. The Morgan fingerprint density at radius 2 is 2.14 bits per heavy atom. The second-order valence-corrected chi connectivity index (χ2v) is 4.25. The van der Waals surface area contributed by atoms with Gasteiger partial charge >= 0.3 is 5.97 Å². The van der Waals surface area contributed by atoms with Gasteiger partial charge in [0.2, 0.25) is 0 Å². The van der Waals surface area contributed by atoms with Crippen molar-refractivity contribution in [2.24, 2.45) is 0 Å². The van der Waals surface area contributed by atoms with Gasteiger partial charge in [-0.2, -0.15) is 0 Å². The fourth-order valence-corrected chi connectivity index (χ4v) is 1.69. The number of benzene rings is 1. The number of carboxylic acid groups (broad SMARTS) is 1. The molecule has 22 heavy (non-hydrogen) atoms. The van der Waals surface area contributed by atoms with E-state index >= 15 is 0 Å². The molecule has 7 nitrogen and oxygen atoms in total. The van der Waals surface area contributed by atoms with Crippen molar-refractivity contribution >= 4 is 18.1 Å². The van der Waals surface area contributed by atoms with Crippen LogP contribution in [0.15, 0.2) is 35.3 Å². The maximum Gasteiger partial charge on any atom is 0.341 e. The van der Waals surface area contributed by atoms with E-state index in [1.165, 1.54) is 19.4 Å². The molecule has 0 unspecified atom stereocenters.